The van der Waals surface area contributed by atoms with Gasteiger partial charge < -0.3 is 14.6 Å². The van der Waals surface area contributed by atoms with E-state index >= 15 is 0 Å². The largest absolute Gasteiger partial charge is 0.490 e. The van der Waals surface area contributed by atoms with Gasteiger partial charge in [-0.05, 0) is 55.3 Å². The molecule has 0 saturated carbocycles. The third kappa shape index (κ3) is 4.24. The van der Waals surface area contributed by atoms with Crippen LogP contribution < -0.4 is 9.47 Å². The molecule has 4 nitrogen and oxygen atoms in total. The number of ether oxygens (including phenoxy) is 2. The predicted molar refractivity (Wildman–Crippen MR) is 88.0 cm³/mol. The molecule has 0 aliphatic rings. The van der Waals surface area contributed by atoms with E-state index in [1.165, 1.54) is 17.2 Å². The molecule has 0 unspecified atom stereocenters. The molecule has 5 heteroatoms. The van der Waals surface area contributed by atoms with Gasteiger partial charge in [0.1, 0.15) is 30.3 Å². The van der Waals surface area contributed by atoms with Gasteiger partial charge in [0.15, 0.2) is 0 Å². The fourth-order valence-electron chi connectivity index (χ4n) is 1.91. The summed E-state index contributed by atoms with van der Waals surface area (Å²) in [5.74, 6) is 0.0896. The van der Waals surface area contributed by atoms with Gasteiger partial charge in [-0.2, -0.15) is 0 Å². The first-order valence-electron chi connectivity index (χ1n) is 6.83. The molecule has 0 heterocycles. The molecule has 0 bridgehead atoms. The highest BCUT2D eigenvalue weighted by atomic mass is 79.9. The van der Waals surface area contributed by atoms with Crippen LogP contribution >= 0.6 is 15.9 Å². The first-order chi connectivity index (χ1) is 10.5. The van der Waals surface area contributed by atoms with Gasteiger partial charge in [0.25, 0.3) is 0 Å². The molecule has 22 heavy (non-hydrogen) atoms. The van der Waals surface area contributed by atoms with Crippen molar-refractivity contribution in [1.82, 2.24) is 0 Å². The Morgan fingerprint density at radius 3 is 2.45 bits per heavy atom. The Labute approximate surface area is 137 Å². The lowest BCUT2D eigenvalue weighted by molar-refractivity contribution is 0.0691. The van der Waals surface area contributed by atoms with Gasteiger partial charge in [0.2, 0.25) is 0 Å². The number of hydrogen-bond donors (Lipinski definition) is 1. The third-order valence-corrected chi connectivity index (χ3v) is 3.75. The van der Waals surface area contributed by atoms with Crippen LogP contribution in [-0.2, 0) is 0 Å². The predicted octanol–water partition coefficient (Wildman–Crippen LogP) is 4.22. The monoisotopic (exact) mass is 364 g/mol. The highest BCUT2D eigenvalue weighted by molar-refractivity contribution is 9.10. The summed E-state index contributed by atoms with van der Waals surface area (Å²) in [6.07, 6.45) is 0. The van der Waals surface area contributed by atoms with Crippen molar-refractivity contribution in [2.45, 2.75) is 13.8 Å². The van der Waals surface area contributed by atoms with Gasteiger partial charge >= 0.3 is 5.97 Å². The SMILES string of the molecule is Cc1ccc(OCCOc2ccc(Br)cc2C(=O)O)cc1C. The van der Waals surface area contributed by atoms with Crippen LogP contribution in [0.5, 0.6) is 11.5 Å². The number of hydrogen-bond acceptors (Lipinski definition) is 3. The summed E-state index contributed by atoms with van der Waals surface area (Å²) in [7, 11) is 0. The summed E-state index contributed by atoms with van der Waals surface area (Å²) in [5, 5.41) is 9.15. The minimum Gasteiger partial charge on any atom is -0.490 e. The molecule has 0 aromatic heterocycles. The van der Waals surface area contributed by atoms with Crippen LogP contribution in [0.4, 0.5) is 0 Å². The summed E-state index contributed by atoms with van der Waals surface area (Å²) in [4.78, 5) is 11.2. The third-order valence-electron chi connectivity index (χ3n) is 3.26. The molecule has 0 radical (unpaired) electrons. The summed E-state index contributed by atoms with van der Waals surface area (Å²) < 4.78 is 11.8. The normalized spacial score (nSPS) is 10.3. The zero-order valence-electron chi connectivity index (χ0n) is 12.4. The van der Waals surface area contributed by atoms with E-state index in [2.05, 4.69) is 15.9 Å². The zero-order valence-corrected chi connectivity index (χ0v) is 14.0. The van der Waals surface area contributed by atoms with E-state index in [0.717, 1.165) is 5.75 Å². The molecule has 0 amide bonds. The van der Waals surface area contributed by atoms with E-state index in [4.69, 9.17) is 14.6 Å². The lowest BCUT2D eigenvalue weighted by Gasteiger charge is -2.11. The fourth-order valence-corrected chi connectivity index (χ4v) is 2.27. The second-order valence-corrected chi connectivity index (χ2v) is 5.80. The van der Waals surface area contributed by atoms with Gasteiger partial charge in [-0.25, -0.2) is 4.79 Å². The summed E-state index contributed by atoms with van der Waals surface area (Å²) in [6.45, 7) is 4.69. The number of benzene rings is 2. The van der Waals surface area contributed by atoms with Crippen molar-refractivity contribution in [2.24, 2.45) is 0 Å². The Balaban J connectivity index is 1.91. The lowest BCUT2D eigenvalue weighted by atomic mass is 10.1. The average Bonchev–Trinajstić information content (AvgIpc) is 2.48. The van der Waals surface area contributed by atoms with E-state index in [-0.39, 0.29) is 12.2 Å². The van der Waals surface area contributed by atoms with Crippen molar-refractivity contribution in [3.8, 4) is 11.5 Å². The van der Waals surface area contributed by atoms with Crippen LogP contribution in [0, 0.1) is 13.8 Å². The highest BCUT2D eigenvalue weighted by Gasteiger charge is 2.11. The maximum Gasteiger partial charge on any atom is 0.339 e. The minimum atomic E-state index is -1.02. The lowest BCUT2D eigenvalue weighted by Crippen LogP contribution is -2.11. The Bertz CT molecular complexity index is 682. The van der Waals surface area contributed by atoms with Gasteiger partial charge in [-0.15, -0.1) is 0 Å². The van der Waals surface area contributed by atoms with Gasteiger partial charge in [0.05, 0.1) is 0 Å². The van der Waals surface area contributed by atoms with Gasteiger partial charge in [0, 0.05) is 4.47 Å². The summed E-state index contributed by atoms with van der Waals surface area (Å²) in [6, 6.07) is 10.8. The highest BCUT2D eigenvalue weighted by Crippen LogP contribution is 2.23. The van der Waals surface area contributed by atoms with Crippen molar-refractivity contribution in [1.29, 1.82) is 0 Å². The number of carbonyl (C=O) groups is 1. The summed E-state index contributed by atoms with van der Waals surface area (Å²) in [5.41, 5.74) is 2.50. The fraction of sp³-hybridized carbons (Fsp3) is 0.235. The van der Waals surface area contributed by atoms with Crippen LogP contribution in [0.3, 0.4) is 0 Å². The molecule has 116 valence electrons. The second kappa shape index (κ2) is 7.31. The number of aromatic carboxylic acids is 1. The quantitative estimate of drug-likeness (QED) is 0.779. The van der Waals surface area contributed by atoms with Crippen molar-refractivity contribution in [3.63, 3.8) is 0 Å². The molecule has 1 N–H and O–H groups in total. The Kier molecular flexibility index (Phi) is 5.44. The number of rotatable bonds is 6. The van der Waals surface area contributed by atoms with E-state index < -0.39 is 5.97 Å². The van der Waals surface area contributed by atoms with Crippen LogP contribution in [-0.4, -0.2) is 24.3 Å². The molecule has 0 saturated heterocycles. The molecular formula is C17H17BrO4. The average molecular weight is 365 g/mol. The van der Waals surface area contributed by atoms with Crippen LogP contribution in [0.15, 0.2) is 40.9 Å². The van der Waals surface area contributed by atoms with Crippen molar-refractivity contribution >= 4 is 21.9 Å². The van der Waals surface area contributed by atoms with Crippen molar-refractivity contribution in [3.05, 3.63) is 57.6 Å². The first-order valence-corrected chi connectivity index (χ1v) is 7.62. The molecule has 0 spiro atoms. The van der Waals surface area contributed by atoms with Crippen molar-refractivity contribution in [2.75, 3.05) is 13.2 Å². The molecule has 0 aliphatic heterocycles. The smallest absolute Gasteiger partial charge is 0.339 e. The molecule has 0 atom stereocenters. The van der Waals surface area contributed by atoms with Gasteiger partial charge in [-0.3, -0.25) is 0 Å². The van der Waals surface area contributed by atoms with E-state index in [0.29, 0.717) is 16.8 Å². The summed E-state index contributed by atoms with van der Waals surface area (Å²) >= 11 is 3.25. The maximum absolute atomic E-state index is 11.2. The maximum atomic E-state index is 11.2. The number of aryl methyl sites for hydroxylation is 2. The number of halogens is 1. The number of carboxylic acids is 1. The van der Waals surface area contributed by atoms with E-state index in [9.17, 15) is 4.79 Å². The Hall–Kier alpha value is -2.01. The topological polar surface area (TPSA) is 55.8 Å². The molecule has 2 aromatic carbocycles. The van der Waals surface area contributed by atoms with Crippen LogP contribution in [0.2, 0.25) is 0 Å². The molecule has 2 rings (SSSR count). The molecule has 0 fully saturated rings. The first kappa shape index (κ1) is 16.4. The Morgan fingerprint density at radius 1 is 1.05 bits per heavy atom. The second-order valence-electron chi connectivity index (χ2n) is 4.89. The van der Waals surface area contributed by atoms with Crippen LogP contribution in [0.25, 0.3) is 0 Å². The molecular weight excluding hydrogens is 348 g/mol. The molecule has 2 aromatic rings. The standard InChI is InChI=1S/C17H17BrO4/c1-11-3-5-14(9-12(11)2)21-7-8-22-16-6-4-13(18)10-15(16)17(19)20/h3-6,9-10H,7-8H2,1-2H3,(H,19,20). The Morgan fingerprint density at radius 2 is 1.77 bits per heavy atom. The van der Waals surface area contributed by atoms with Crippen molar-refractivity contribution < 1.29 is 19.4 Å². The minimum absolute atomic E-state index is 0.126. The zero-order chi connectivity index (χ0) is 16.1. The van der Waals surface area contributed by atoms with E-state index in [1.807, 2.05) is 32.0 Å². The number of carboxylic acid groups (broad SMARTS) is 1. The molecule has 0 aliphatic carbocycles. The van der Waals surface area contributed by atoms with Crippen LogP contribution in [0.1, 0.15) is 21.5 Å². The van der Waals surface area contributed by atoms with Gasteiger partial charge in [-0.1, -0.05) is 22.0 Å². The van der Waals surface area contributed by atoms with E-state index in [1.54, 1.807) is 12.1 Å².